The van der Waals surface area contributed by atoms with E-state index in [1.807, 2.05) is 24.3 Å². The van der Waals surface area contributed by atoms with Crippen molar-refractivity contribution in [3.05, 3.63) is 76.0 Å². The Kier molecular flexibility index (Phi) is 5.05. The first kappa shape index (κ1) is 18.8. The van der Waals surface area contributed by atoms with E-state index in [0.717, 1.165) is 16.9 Å². The Morgan fingerprint density at radius 3 is 2.10 bits per heavy atom. The number of carbonyl (C=O) groups excluding carboxylic acids is 1. The van der Waals surface area contributed by atoms with Gasteiger partial charge in [0.05, 0.1) is 24.5 Å². The van der Waals surface area contributed by atoms with Gasteiger partial charge in [0, 0.05) is 11.6 Å². The number of methoxy groups -OCH3 is 2. The van der Waals surface area contributed by atoms with Gasteiger partial charge in [-0.25, -0.2) is 9.59 Å². The van der Waals surface area contributed by atoms with Crippen molar-refractivity contribution in [1.82, 2.24) is 0 Å². The van der Waals surface area contributed by atoms with Crippen LogP contribution >= 0.6 is 11.3 Å². The predicted molar refractivity (Wildman–Crippen MR) is 110 cm³/mol. The Morgan fingerprint density at radius 2 is 1.48 bits per heavy atom. The summed E-state index contributed by atoms with van der Waals surface area (Å²) in [7, 11) is 3.14. The molecule has 0 aliphatic heterocycles. The van der Waals surface area contributed by atoms with Crippen LogP contribution in [0.3, 0.4) is 0 Å². The van der Waals surface area contributed by atoms with Gasteiger partial charge in [-0.1, -0.05) is 23.5 Å². The summed E-state index contributed by atoms with van der Waals surface area (Å²) in [5.74, 6) is 1.16. The molecule has 0 saturated heterocycles. The van der Waals surface area contributed by atoms with Crippen molar-refractivity contribution in [2.24, 2.45) is 0 Å². The molecule has 0 spiro atoms. The van der Waals surface area contributed by atoms with Gasteiger partial charge in [0.25, 0.3) is 0 Å². The Balaban J connectivity index is 1.72. The smallest absolute Gasteiger partial charge is 0.396 e. The number of benzene rings is 3. The molecule has 4 aromatic rings. The molecule has 6 nitrogen and oxygen atoms in total. The maximum absolute atomic E-state index is 12.5. The van der Waals surface area contributed by atoms with Crippen molar-refractivity contribution in [2.75, 3.05) is 14.2 Å². The molecule has 1 heterocycles. The normalized spacial score (nSPS) is 10.7. The van der Waals surface area contributed by atoms with Crippen molar-refractivity contribution in [3.63, 3.8) is 0 Å². The Morgan fingerprint density at radius 1 is 0.862 bits per heavy atom. The Hall–Kier alpha value is -3.58. The molecule has 146 valence electrons. The van der Waals surface area contributed by atoms with Crippen molar-refractivity contribution >= 4 is 27.6 Å². The van der Waals surface area contributed by atoms with Crippen molar-refractivity contribution in [2.45, 2.75) is 0 Å². The lowest BCUT2D eigenvalue weighted by molar-refractivity contribution is 0.0735. The lowest BCUT2D eigenvalue weighted by atomic mass is 10.0. The fourth-order valence-electron chi connectivity index (χ4n) is 2.89. The van der Waals surface area contributed by atoms with Crippen LogP contribution in [0, 0.1) is 0 Å². The topological polar surface area (TPSA) is 75.0 Å². The van der Waals surface area contributed by atoms with Gasteiger partial charge in [0.15, 0.2) is 5.58 Å². The van der Waals surface area contributed by atoms with E-state index in [2.05, 4.69) is 0 Å². The van der Waals surface area contributed by atoms with Crippen molar-refractivity contribution in [3.8, 4) is 28.4 Å². The molecular formula is C22H16O6S. The number of carbonyl (C=O) groups is 1. The molecule has 0 atom stereocenters. The molecule has 0 N–H and O–H groups in total. The lowest BCUT2D eigenvalue weighted by Gasteiger charge is -2.09. The highest BCUT2D eigenvalue weighted by molar-refractivity contribution is 7.16. The van der Waals surface area contributed by atoms with E-state index in [1.54, 1.807) is 50.6 Å². The van der Waals surface area contributed by atoms with E-state index < -0.39 is 10.9 Å². The standard InChI is InChI=1S/C22H16O6S/c1-25-15-7-3-13(4-8-15)18-11-17(12-19-20(18)28-22(24)29-19)27-21(23)14-5-9-16(26-2)10-6-14/h3-12H,1-2H3. The number of esters is 1. The summed E-state index contributed by atoms with van der Waals surface area (Å²) in [6, 6.07) is 17.2. The minimum Gasteiger partial charge on any atom is -0.497 e. The number of ether oxygens (including phenoxy) is 3. The summed E-state index contributed by atoms with van der Waals surface area (Å²) in [5, 5.41) is 0. The largest absolute Gasteiger partial charge is 0.497 e. The minimum absolute atomic E-state index is 0.321. The molecule has 0 unspecified atom stereocenters. The van der Waals surface area contributed by atoms with Crippen LogP contribution in [-0.4, -0.2) is 20.2 Å². The van der Waals surface area contributed by atoms with Gasteiger partial charge in [-0.05, 0) is 48.0 Å². The van der Waals surface area contributed by atoms with Crippen LogP contribution < -0.4 is 19.1 Å². The monoisotopic (exact) mass is 408 g/mol. The third-order valence-corrected chi connectivity index (χ3v) is 5.12. The second-order valence-electron chi connectivity index (χ2n) is 6.10. The van der Waals surface area contributed by atoms with Gasteiger partial charge < -0.3 is 18.6 Å². The second kappa shape index (κ2) is 7.81. The maximum Gasteiger partial charge on any atom is 0.396 e. The van der Waals surface area contributed by atoms with Crippen molar-refractivity contribution < 1.29 is 23.4 Å². The molecule has 0 amide bonds. The highest BCUT2D eigenvalue weighted by atomic mass is 32.1. The van der Waals surface area contributed by atoms with Crippen LogP contribution in [0.4, 0.5) is 0 Å². The van der Waals surface area contributed by atoms with Crippen LogP contribution in [0.1, 0.15) is 10.4 Å². The molecular weight excluding hydrogens is 392 g/mol. The van der Waals surface area contributed by atoms with Crippen LogP contribution in [0.5, 0.6) is 17.2 Å². The number of hydrogen-bond acceptors (Lipinski definition) is 7. The zero-order chi connectivity index (χ0) is 20.4. The summed E-state index contributed by atoms with van der Waals surface area (Å²) in [6.45, 7) is 0. The number of hydrogen-bond donors (Lipinski definition) is 0. The fourth-order valence-corrected chi connectivity index (χ4v) is 3.61. The quantitative estimate of drug-likeness (QED) is 0.350. The lowest BCUT2D eigenvalue weighted by Crippen LogP contribution is -2.08. The van der Waals surface area contributed by atoms with Gasteiger partial charge in [0.2, 0.25) is 0 Å². The molecule has 0 aliphatic carbocycles. The molecule has 0 fully saturated rings. The maximum atomic E-state index is 12.5. The van der Waals surface area contributed by atoms with E-state index in [4.69, 9.17) is 18.6 Å². The first-order valence-corrected chi connectivity index (χ1v) is 9.47. The zero-order valence-electron chi connectivity index (χ0n) is 15.6. The molecule has 1 aromatic heterocycles. The van der Waals surface area contributed by atoms with E-state index >= 15 is 0 Å². The number of rotatable bonds is 5. The average molecular weight is 408 g/mol. The van der Waals surface area contributed by atoms with E-state index in [0.29, 0.717) is 38.7 Å². The van der Waals surface area contributed by atoms with Gasteiger partial charge >= 0.3 is 10.9 Å². The van der Waals surface area contributed by atoms with Crippen LogP contribution in [-0.2, 0) is 0 Å². The first-order valence-electron chi connectivity index (χ1n) is 8.66. The number of fused-ring (bicyclic) bond motifs is 1. The van der Waals surface area contributed by atoms with Crippen LogP contribution in [0.15, 0.2) is 69.9 Å². The third kappa shape index (κ3) is 3.86. The van der Waals surface area contributed by atoms with E-state index in [-0.39, 0.29) is 0 Å². The molecule has 0 saturated carbocycles. The molecule has 4 rings (SSSR count). The highest BCUT2D eigenvalue weighted by Gasteiger charge is 2.16. The van der Waals surface area contributed by atoms with Gasteiger partial charge in [-0.3, -0.25) is 0 Å². The Bertz CT molecular complexity index is 1220. The minimum atomic E-state index is -0.511. The fraction of sp³-hybridized carbons (Fsp3) is 0.0909. The van der Waals surface area contributed by atoms with Gasteiger partial charge in [-0.15, -0.1) is 0 Å². The van der Waals surface area contributed by atoms with Gasteiger partial charge in [0.1, 0.15) is 17.2 Å². The Labute approximate surface area is 169 Å². The summed E-state index contributed by atoms with van der Waals surface area (Å²) in [4.78, 5) is 23.9. The molecule has 29 heavy (non-hydrogen) atoms. The van der Waals surface area contributed by atoms with Crippen LogP contribution in [0.25, 0.3) is 21.4 Å². The SMILES string of the molecule is COc1ccc(C(=O)Oc2cc(-c3ccc(OC)cc3)c3oc(=O)sc3c2)cc1. The average Bonchev–Trinajstić information content (AvgIpc) is 3.13. The van der Waals surface area contributed by atoms with Crippen molar-refractivity contribution in [1.29, 1.82) is 0 Å². The molecule has 7 heteroatoms. The molecule has 0 bridgehead atoms. The van der Waals surface area contributed by atoms with Gasteiger partial charge in [-0.2, -0.15) is 0 Å². The molecule has 3 aromatic carbocycles. The summed E-state index contributed by atoms with van der Waals surface area (Å²) >= 11 is 0.956. The molecule has 0 radical (unpaired) electrons. The summed E-state index contributed by atoms with van der Waals surface area (Å²) < 4.78 is 21.8. The predicted octanol–water partition coefficient (Wildman–Crippen LogP) is 4.76. The first-order chi connectivity index (χ1) is 14.1. The van der Waals surface area contributed by atoms with Crippen LogP contribution in [0.2, 0.25) is 0 Å². The summed E-state index contributed by atoms with van der Waals surface area (Å²) in [5.41, 5.74) is 2.30. The van der Waals surface area contributed by atoms with E-state index in [9.17, 15) is 9.59 Å². The highest BCUT2D eigenvalue weighted by Crippen LogP contribution is 2.35. The molecule has 0 aliphatic rings. The third-order valence-electron chi connectivity index (χ3n) is 4.34. The van der Waals surface area contributed by atoms with E-state index in [1.165, 1.54) is 0 Å². The second-order valence-corrected chi connectivity index (χ2v) is 7.08. The summed E-state index contributed by atoms with van der Waals surface area (Å²) in [6.07, 6.45) is 0. The zero-order valence-corrected chi connectivity index (χ0v) is 16.4.